The van der Waals surface area contributed by atoms with Gasteiger partial charge in [0.05, 0.1) is 19.2 Å². The van der Waals surface area contributed by atoms with E-state index in [-0.39, 0.29) is 19.5 Å². The molecule has 10 heteroatoms. The number of nitrogens with one attached hydrogen (secondary N) is 2. The maximum atomic E-state index is 13.4. The zero-order valence-corrected chi connectivity index (χ0v) is 23.9. The standard InChI is InChI=1S/C33H32F3N3O4/c1-20-25(32(40)42-22-11-13-39(14-12-22)19-33(34,35)36)17-26-28(38-20)15-21(23-7-4-6-10-29(23)41-2)16-30(26)43-31-18-37-27-9-5-3-8-24(27)31/h3-10,15-16,18,22,37-38H,11-14,17,19H2,1-2H3. The van der Waals surface area contributed by atoms with E-state index in [0.717, 1.165) is 33.3 Å². The molecule has 3 aromatic carbocycles. The first-order chi connectivity index (χ1) is 20.7. The molecule has 0 spiro atoms. The van der Waals surface area contributed by atoms with Crippen LogP contribution in [0, 0.1) is 0 Å². The number of alkyl halides is 3. The first kappa shape index (κ1) is 28.7. The second-order valence-electron chi connectivity index (χ2n) is 10.9. The van der Waals surface area contributed by atoms with E-state index in [1.807, 2.05) is 73.8 Å². The van der Waals surface area contributed by atoms with E-state index in [4.69, 9.17) is 14.2 Å². The molecule has 0 saturated carbocycles. The number of ether oxygens (including phenoxy) is 3. The lowest BCUT2D eigenvalue weighted by Crippen LogP contribution is -2.42. The van der Waals surface area contributed by atoms with Gasteiger partial charge in [-0.15, -0.1) is 0 Å². The van der Waals surface area contributed by atoms with Crippen LogP contribution in [-0.4, -0.2) is 54.9 Å². The van der Waals surface area contributed by atoms with Crippen molar-refractivity contribution in [1.29, 1.82) is 0 Å². The molecule has 224 valence electrons. The first-order valence-corrected chi connectivity index (χ1v) is 14.2. The van der Waals surface area contributed by atoms with Crippen molar-refractivity contribution in [2.24, 2.45) is 0 Å². The fourth-order valence-electron chi connectivity index (χ4n) is 5.79. The molecule has 1 saturated heterocycles. The summed E-state index contributed by atoms with van der Waals surface area (Å²) in [7, 11) is 1.63. The maximum absolute atomic E-state index is 13.4. The number of fused-ring (bicyclic) bond motifs is 2. The van der Waals surface area contributed by atoms with Gasteiger partial charge in [-0.1, -0.05) is 30.3 Å². The smallest absolute Gasteiger partial charge is 0.401 e. The maximum Gasteiger partial charge on any atom is 0.401 e. The number of H-pyrrole nitrogens is 1. The van der Waals surface area contributed by atoms with Crippen LogP contribution in [0.25, 0.3) is 22.0 Å². The fourth-order valence-corrected chi connectivity index (χ4v) is 5.79. The number of rotatable bonds is 7. The van der Waals surface area contributed by atoms with Crippen molar-refractivity contribution in [3.8, 4) is 28.4 Å². The molecule has 0 bridgehead atoms. The summed E-state index contributed by atoms with van der Waals surface area (Å²) < 4.78 is 56.3. The average Bonchev–Trinajstić information content (AvgIpc) is 3.39. The SMILES string of the molecule is COc1ccccc1-c1cc2c(c(Oc3c[nH]c4ccccc34)c1)CC(C(=O)OC1CCN(CC(F)(F)F)CC1)=C(C)N2. The molecule has 43 heavy (non-hydrogen) atoms. The predicted molar refractivity (Wildman–Crippen MR) is 158 cm³/mol. The van der Waals surface area contributed by atoms with E-state index in [0.29, 0.717) is 41.4 Å². The Bertz CT molecular complexity index is 1690. The number of carbonyl (C=O) groups is 1. The number of hydrogen-bond donors (Lipinski definition) is 2. The number of methoxy groups -OCH3 is 1. The second kappa shape index (κ2) is 11.7. The van der Waals surface area contributed by atoms with Crippen LogP contribution < -0.4 is 14.8 Å². The lowest BCUT2D eigenvalue weighted by atomic mass is 9.93. The zero-order chi connectivity index (χ0) is 30.1. The lowest BCUT2D eigenvalue weighted by molar-refractivity contribution is -0.157. The molecule has 0 radical (unpaired) electrons. The molecular weight excluding hydrogens is 559 g/mol. The molecule has 2 aliphatic heterocycles. The van der Waals surface area contributed by atoms with E-state index in [1.54, 1.807) is 7.11 Å². The molecule has 0 atom stereocenters. The van der Waals surface area contributed by atoms with Crippen LogP contribution in [0.5, 0.6) is 17.2 Å². The van der Waals surface area contributed by atoms with Crippen LogP contribution in [0.1, 0.15) is 25.3 Å². The van der Waals surface area contributed by atoms with E-state index >= 15 is 0 Å². The van der Waals surface area contributed by atoms with Gasteiger partial charge in [-0.2, -0.15) is 13.2 Å². The Morgan fingerprint density at radius 2 is 1.74 bits per heavy atom. The normalized spacial score (nSPS) is 16.1. The van der Waals surface area contributed by atoms with Gasteiger partial charge in [0, 0.05) is 59.1 Å². The van der Waals surface area contributed by atoms with Crippen LogP contribution in [0.2, 0.25) is 0 Å². The van der Waals surface area contributed by atoms with Crippen LogP contribution in [0.3, 0.4) is 0 Å². The summed E-state index contributed by atoms with van der Waals surface area (Å²) in [5, 5.41) is 4.30. The van der Waals surface area contributed by atoms with Gasteiger partial charge in [0.1, 0.15) is 17.6 Å². The first-order valence-electron chi connectivity index (χ1n) is 14.2. The Morgan fingerprint density at radius 3 is 2.51 bits per heavy atom. The van der Waals surface area contributed by atoms with Gasteiger partial charge in [0.2, 0.25) is 0 Å². The molecule has 2 N–H and O–H groups in total. The monoisotopic (exact) mass is 591 g/mol. The van der Waals surface area contributed by atoms with E-state index in [9.17, 15) is 18.0 Å². The number of para-hydroxylation sites is 2. The van der Waals surface area contributed by atoms with Gasteiger partial charge in [-0.25, -0.2) is 4.79 Å². The van der Waals surface area contributed by atoms with Crippen molar-refractivity contribution in [3.05, 3.63) is 83.7 Å². The minimum absolute atomic E-state index is 0.227. The molecule has 3 heterocycles. The molecule has 0 aliphatic carbocycles. The topological polar surface area (TPSA) is 75.8 Å². The number of aromatic amines is 1. The third kappa shape index (κ3) is 6.19. The fraction of sp³-hybridized carbons (Fsp3) is 0.303. The van der Waals surface area contributed by atoms with E-state index in [1.165, 1.54) is 4.90 Å². The number of aromatic nitrogens is 1. The molecule has 1 fully saturated rings. The Kier molecular flexibility index (Phi) is 7.79. The summed E-state index contributed by atoms with van der Waals surface area (Å²) >= 11 is 0. The Morgan fingerprint density at radius 1 is 1.00 bits per heavy atom. The largest absolute Gasteiger partial charge is 0.496 e. The van der Waals surface area contributed by atoms with Crippen molar-refractivity contribution >= 4 is 22.6 Å². The zero-order valence-electron chi connectivity index (χ0n) is 23.9. The molecule has 4 aromatic rings. The number of anilines is 1. The summed E-state index contributed by atoms with van der Waals surface area (Å²) in [6.45, 7) is 1.33. The number of esters is 1. The summed E-state index contributed by atoms with van der Waals surface area (Å²) in [6, 6.07) is 19.5. The second-order valence-corrected chi connectivity index (χ2v) is 10.9. The molecular formula is C33H32F3N3O4. The van der Waals surface area contributed by atoms with Crippen molar-refractivity contribution < 1.29 is 32.2 Å². The molecule has 0 amide bonds. The number of piperidine rings is 1. The quantitative estimate of drug-likeness (QED) is 0.218. The highest BCUT2D eigenvalue weighted by Gasteiger charge is 2.34. The Balaban J connectivity index is 1.29. The van der Waals surface area contributed by atoms with Gasteiger partial charge >= 0.3 is 12.1 Å². The number of allylic oxidation sites excluding steroid dienone is 1. The van der Waals surface area contributed by atoms with Crippen LogP contribution in [0.4, 0.5) is 18.9 Å². The molecule has 7 nitrogen and oxygen atoms in total. The van der Waals surface area contributed by atoms with E-state index < -0.39 is 24.8 Å². The third-order valence-corrected chi connectivity index (χ3v) is 7.98. The van der Waals surface area contributed by atoms with Crippen molar-refractivity contribution in [3.63, 3.8) is 0 Å². The summed E-state index contributed by atoms with van der Waals surface area (Å²) in [5.41, 5.74) is 5.41. The Hall–Kier alpha value is -4.44. The van der Waals surface area contributed by atoms with Crippen LogP contribution in [0.15, 0.2) is 78.1 Å². The number of hydrogen-bond acceptors (Lipinski definition) is 6. The Labute approximate surface area is 247 Å². The highest BCUT2D eigenvalue weighted by molar-refractivity contribution is 5.93. The van der Waals surface area contributed by atoms with Gasteiger partial charge in [-0.05, 0) is 55.7 Å². The van der Waals surface area contributed by atoms with Crippen LogP contribution >= 0.6 is 0 Å². The summed E-state index contributed by atoms with van der Waals surface area (Å²) in [4.78, 5) is 18.0. The molecule has 1 aromatic heterocycles. The number of halogens is 3. The molecule has 0 unspecified atom stereocenters. The van der Waals surface area contributed by atoms with Gasteiger partial charge in [-0.3, -0.25) is 4.90 Å². The highest BCUT2D eigenvalue weighted by atomic mass is 19.4. The third-order valence-electron chi connectivity index (χ3n) is 7.98. The lowest BCUT2D eigenvalue weighted by Gasteiger charge is -2.32. The minimum Gasteiger partial charge on any atom is -0.496 e. The number of likely N-dealkylation sites (tertiary alicyclic amines) is 1. The highest BCUT2D eigenvalue weighted by Crippen LogP contribution is 2.43. The van der Waals surface area contributed by atoms with Crippen molar-refractivity contribution in [2.45, 2.75) is 38.5 Å². The van der Waals surface area contributed by atoms with Gasteiger partial charge < -0.3 is 24.5 Å². The molecule has 6 rings (SSSR count). The van der Waals surface area contributed by atoms with Crippen molar-refractivity contribution in [2.75, 3.05) is 32.1 Å². The number of benzene rings is 3. The van der Waals surface area contributed by atoms with Gasteiger partial charge in [0.25, 0.3) is 0 Å². The predicted octanol–water partition coefficient (Wildman–Crippen LogP) is 7.45. The number of nitrogens with zero attached hydrogens (tertiary/aromatic N) is 1. The number of carbonyl (C=O) groups excluding carboxylic acids is 1. The van der Waals surface area contributed by atoms with Gasteiger partial charge in [0.15, 0.2) is 5.75 Å². The molecule has 2 aliphatic rings. The summed E-state index contributed by atoms with van der Waals surface area (Å²) in [5.74, 6) is 1.47. The minimum atomic E-state index is -4.25. The van der Waals surface area contributed by atoms with Crippen molar-refractivity contribution in [1.82, 2.24) is 9.88 Å². The van der Waals surface area contributed by atoms with Crippen LogP contribution in [-0.2, 0) is 16.0 Å². The van der Waals surface area contributed by atoms with E-state index in [2.05, 4.69) is 10.3 Å². The summed E-state index contributed by atoms with van der Waals surface area (Å²) in [6.07, 6.45) is -1.89. The average molecular weight is 592 g/mol.